The second-order valence-corrected chi connectivity index (χ2v) is 11.6. The summed E-state index contributed by atoms with van der Waals surface area (Å²) >= 11 is 0. The highest BCUT2D eigenvalue weighted by Gasteiger charge is 2.35. The highest BCUT2D eigenvalue weighted by molar-refractivity contribution is 5.83. The van der Waals surface area contributed by atoms with Gasteiger partial charge in [0.05, 0.1) is 5.92 Å². The first-order valence-electron chi connectivity index (χ1n) is 12.6. The minimum atomic E-state index is -1.20. The molecule has 0 bridgehead atoms. The number of amides is 1. The standard InChI is InChI=1S/C28H43FN2O7/c1-10-13-28(8,9)38-25(34)31-21(24(33)37-27(5,6)7)17-20(23(32)36-26(2,3)4)16-19-11-12-22(30-18-19)35-15-14-29/h10-12,18,20-21H,1,13-17H2,2-9H3,(H,31,34)/t20-,21-/m0/s1. The maximum Gasteiger partial charge on any atom is 0.408 e. The summed E-state index contributed by atoms with van der Waals surface area (Å²) in [6.07, 6.45) is 2.75. The summed E-state index contributed by atoms with van der Waals surface area (Å²) < 4.78 is 34.2. The Morgan fingerprint density at radius 2 is 1.61 bits per heavy atom. The first-order valence-corrected chi connectivity index (χ1v) is 12.6. The molecule has 0 unspecified atom stereocenters. The number of hydrogen-bond donors (Lipinski definition) is 1. The van der Waals surface area contributed by atoms with Crippen LogP contribution in [-0.2, 0) is 30.2 Å². The zero-order valence-electron chi connectivity index (χ0n) is 23.9. The maximum absolute atomic E-state index is 13.2. The molecule has 1 aromatic heterocycles. The molecule has 0 saturated heterocycles. The van der Waals surface area contributed by atoms with E-state index in [9.17, 15) is 18.8 Å². The van der Waals surface area contributed by atoms with Crippen LogP contribution in [-0.4, -0.2) is 59.1 Å². The highest BCUT2D eigenvalue weighted by atomic mass is 19.1. The lowest BCUT2D eigenvalue weighted by atomic mass is 9.92. The third-order valence-corrected chi connectivity index (χ3v) is 4.86. The number of halogens is 1. The lowest BCUT2D eigenvalue weighted by molar-refractivity contribution is -0.162. The van der Waals surface area contributed by atoms with Crippen LogP contribution in [0.5, 0.6) is 5.88 Å². The van der Waals surface area contributed by atoms with Gasteiger partial charge in [-0.2, -0.15) is 0 Å². The number of aromatic nitrogens is 1. The molecule has 1 amide bonds. The Morgan fingerprint density at radius 3 is 2.11 bits per heavy atom. The van der Waals surface area contributed by atoms with Gasteiger partial charge in [0.15, 0.2) is 0 Å². The zero-order chi connectivity index (χ0) is 29.1. The molecule has 0 aliphatic carbocycles. The van der Waals surface area contributed by atoms with E-state index in [0.717, 1.165) is 0 Å². The third-order valence-electron chi connectivity index (χ3n) is 4.86. The van der Waals surface area contributed by atoms with Crippen molar-refractivity contribution < 1.29 is 37.7 Å². The lowest BCUT2D eigenvalue weighted by Gasteiger charge is -2.30. The maximum atomic E-state index is 13.2. The number of alkyl halides is 1. The fourth-order valence-corrected chi connectivity index (χ4v) is 3.38. The number of nitrogens with zero attached hydrogens (tertiary/aromatic N) is 1. The summed E-state index contributed by atoms with van der Waals surface area (Å²) in [7, 11) is 0. The Hall–Kier alpha value is -3.17. The summed E-state index contributed by atoms with van der Waals surface area (Å²) in [5.41, 5.74) is -1.80. The Morgan fingerprint density at radius 1 is 1.00 bits per heavy atom. The van der Waals surface area contributed by atoms with E-state index < -0.39 is 53.5 Å². The largest absolute Gasteiger partial charge is 0.475 e. The van der Waals surface area contributed by atoms with Gasteiger partial charge in [0.2, 0.25) is 5.88 Å². The van der Waals surface area contributed by atoms with Gasteiger partial charge in [-0.15, -0.1) is 6.58 Å². The van der Waals surface area contributed by atoms with E-state index in [0.29, 0.717) is 12.0 Å². The van der Waals surface area contributed by atoms with Crippen molar-refractivity contribution in [1.29, 1.82) is 0 Å². The van der Waals surface area contributed by atoms with Crippen molar-refractivity contribution in [3.8, 4) is 5.88 Å². The molecule has 38 heavy (non-hydrogen) atoms. The normalized spacial score (nSPS) is 13.6. The zero-order valence-corrected chi connectivity index (χ0v) is 23.9. The molecule has 0 aliphatic rings. The minimum absolute atomic E-state index is 0.110. The van der Waals surface area contributed by atoms with Gasteiger partial charge in [-0.25, -0.2) is 19.0 Å². The first-order chi connectivity index (χ1) is 17.4. The number of pyridine rings is 1. The number of hydrogen-bond acceptors (Lipinski definition) is 8. The van der Waals surface area contributed by atoms with Crippen LogP contribution in [0.1, 0.15) is 73.8 Å². The molecule has 1 heterocycles. The molecule has 0 fully saturated rings. The van der Waals surface area contributed by atoms with E-state index in [-0.39, 0.29) is 25.3 Å². The van der Waals surface area contributed by atoms with Gasteiger partial charge < -0.3 is 24.3 Å². The van der Waals surface area contributed by atoms with Crippen LogP contribution >= 0.6 is 0 Å². The molecule has 0 aliphatic heterocycles. The Bertz CT molecular complexity index is 934. The summed E-state index contributed by atoms with van der Waals surface area (Å²) in [6.45, 7) is 16.7. The SMILES string of the molecule is C=CCC(C)(C)OC(=O)N[C@@H](C[C@H](Cc1ccc(OCCF)nc1)C(=O)OC(C)(C)C)C(=O)OC(C)(C)C. The fraction of sp³-hybridized carbons (Fsp3) is 0.643. The molecule has 9 nitrogen and oxygen atoms in total. The van der Waals surface area contributed by atoms with Crippen LogP contribution in [0.25, 0.3) is 0 Å². The van der Waals surface area contributed by atoms with Gasteiger partial charge in [0.25, 0.3) is 0 Å². The van der Waals surface area contributed by atoms with Crippen LogP contribution < -0.4 is 10.1 Å². The summed E-state index contributed by atoms with van der Waals surface area (Å²) in [5.74, 6) is -1.85. The Balaban J connectivity index is 3.24. The molecule has 10 heteroatoms. The van der Waals surface area contributed by atoms with Gasteiger partial charge in [-0.3, -0.25) is 4.79 Å². The predicted molar refractivity (Wildman–Crippen MR) is 142 cm³/mol. The molecule has 0 saturated carbocycles. The first kappa shape index (κ1) is 32.9. The van der Waals surface area contributed by atoms with Gasteiger partial charge in [-0.05, 0) is 73.8 Å². The van der Waals surface area contributed by atoms with Crippen LogP contribution in [0, 0.1) is 5.92 Å². The van der Waals surface area contributed by atoms with E-state index in [2.05, 4.69) is 16.9 Å². The van der Waals surface area contributed by atoms with E-state index in [4.69, 9.17) is 18.9 Å². The van der Waals surface area contributed by atoms with Crippen molar-refractivity contribution in [2.75, 3.05) is 13.3 Å². The van der Waals surface area contributed by atoms with Gasteiger partial charge in [0.1, 0.15) is 36.1 Å². The molecule has 1 rings (SSSR count). The monoisotopic (exact) mass is 538 g/mol. The van der Waals surface area contributed by atoms with Crippen LogP contribution in [0.2, 0.25) is 0 Å². The van der Waals surface area contributed by atoms with Crippen molar-refractivity contribution in [1.82, 2.24) is 10.3 Å². The summed E-state index contributed by atoms with van der Waals surface area (Å²) in [6, 6.07) is 2.07. The quantitative estimate of drug-likeness (QED) is 0.209. The van der Waals surface area contributed by atoms with Crippen molar-refractivity contribution in [2.45, 2.75) is 97.5 Å². The second-order valence-electron chi connectivity index (χ2n) is 11.6. The topological polar surface area (TPSA) is 113 Å². The third kappa shape index (κ3) is 13.4. The molecule has 1 aromatic rings. The molecule has 214 valence electrons. The number of rotatable bonds is 13. The predicted octanol–water partition coefficient (Wildman–Crippen LogP) is 5.11. The van der Waals surface area contributed by atoms with E-state index in [1.807, 2.05) is 0 Å². The van der Waals surface area contributed by atoms with Gasteiger partial charge in [-0.1, -0.05) is 12.1 Å². The van der Waals surface area contributed by atoms with Crippen molar-refractivity contribution in [3.63, 3.8) is 0 Å². The molecule has 0 aromatic carbocycles. The minimum Gasteiger partial charge on any atom is -0.475 e. The van der Waals surface area contributed by atoms with Crippen molar-refractivity contribution >= 4 is 18.0 Å². The van der Waals surface area contributed by atoms with E-state index in [1.165, 1.54) is 6.20 Å². The van der Waals surface area contributed by atoms with Crippen LogP contribution in [0.4, 0.5) is 9.18 Å². The fourth-order valence-electron chi connectivity index (χ4n) is 3.38. The molecule has 0 radical (unpaired) electrons. The van der Waals surface area contributed by atoms with Crippen LogP contribution in [0.3, 0.4) is 0 Å². The van der Waals surface area contributed by atoms with Gasteiger partial charge >= 0.3 is 18.0 Å². The van der Waals surface area contributed by atoms with Crippen molar-refractivity contribution in [3.05, 3.63) is 36.5 Å². The molecular formula is C28H43FN2O7. The number of carbonyl (C=O) groups is 3. The summed E-state index contributed by atoms with van der Waals surface area (Å²) in [4.78, 5) is 43.2. The Labute approximate surface area is 225 Å². The molecule has 1 N–H and O–H groups in total. The second kappa shape index (κ2) is 14.1. The van der Waals surface area contributed by atoms with E-state index >= 15 is 0 Å². The molecular weight excluding hydrogens is 495 g/mol. The van der Waals surface area contributed by atoms with Gasteiger partial charge in [0, 0.05) is 18.7 Å². The average Bonchev–Trinajstić information content (AvgIpc) is 2.74. The summed E-state index contributed by atoms with van der Waals surface area (Å²) in [5, 5.41) is 2.57. The Kier molecular flexibility index (Phi) is 12.2. The number of ether oxygens (including phenoxy) is 4. The average molecular weight is 539 g/mol. The van der Waals surface area contributed by atoms with Crippen LogP contribution in [0.15, 0.2) is 31.0 Å². The number of carbonyl (C=O) groups excluding carboxylic acids is 3. The smallest absolute Gasteiger partial charge is 0.408 e. The van der Waals surface area contributed by atoms with E-state index in [1.54, 1.807) is 73.6 Å². The number of alkyl carbamates (subject to hydrolysis) is 1. The highest BCUT2D eigenvalue weighted by Crippen LogP contribution is 2.23. The molecule has 2 atom stereocenters. The number of esters is 2. The number of nitrogens with one attached hydrogen (secondary N) is 1. The lowest BCUT2D eigenvalue weighted by Crippen LogP contribution is -2.48. The van der Waals surface area contributed by atoms with Crippen molar-refractivity contribution in [2.24, 2.45) is 5.92 Å². The molecule has 0 spiro atoms.